The molecule has 0 heterocycles. The number of hydrogen-bond acceptors (Lipinski definition) is 4. The van der Waals surface area contributed by atoms with Crippen LogP contribution in [-0.2, 0) is 12.8 Å². The molecule has 2 N–H and O–H groups in total. The summed E-state index contributed by atoms with van der Waals surface area (Å²) in [5.41, 5.74) is 2.96. The van der Waals surface area contributed by atoms with Gasteiger partial charge in [-0.2, -0.15) is 0 Å². The van der Waals surface area contributed by atoms with Crippen molar-refractivity contribution in [2.45, 2.75) is 12.8 Å². The SMILES string of the molecule is CN=C(NCCc1cccc(C(=O)N(C)C)c1)NCCc1ccc(OC)c(OC)c1.I. The molecule has 0 aliphatic heterocycles. The van der Waals surface area contributed by atoms with Crippen molar-refractivity contribution in [1.29, 1.82) is 0 Å². The van der Waals surface area contributed by atoms with Crippen LogP contribution in [0.5, 0.6) is 11.5 Å². The molecule has 0 aliphatic carbocycles. The number of nitrogens with zero attached hydrogens (tertiary/aromatic N) is 2. The summed E-state index contributed by atoms with van der Waals surface area (Å²) in [4.78, 5) is 18.0. The van der Waals surface area contributed by atoms with Crippen LogP contribution in [-0.4, -0.2) is 65.2 Å². The maximum atomic E-state index is 12.1. The van der Waals surface area contributed by atoms with Gasteiger partial charge in [0.05, 0.1) is 14.2 Å². The lowest BCUT2D eigenvalue weighted by atomic mass is 10.1. The average molecular weight is 540 g/mol. The molecule has 2 aromatic rings. The summed E-state index contributed by atoms with van der Waals surface area (Å²) in [5.74, 6) is 2.21. The topological polar surface area (TPSA) is 75.2 Å². The van der Waals surface area contributed by atoms with Crippen molar-refractivity contribution in [3.05, 3.63) is 59.2 Å². The van der Waals surface area contributed by atoms with E-state index in [1.807, 2.05) is 42.5 Å². The predicted molar refractivity (Wildman–Crippen MR) is 136 cm³/mol. The molecule has 31 heavy (non-hydrogen) atoms. The molecular weight excluding hydrogens is 507 g/mol. The summed E-state index contributed by atoms with van der Waals surface area (Å²) < 4.78 is 10.6. The van der Waals surface area contributed by atoms with Crippen LogP contribution in [0.25, 0.3) is 0 Å². The fourth-order valence-electron chi connectivity index (χ4n) is 3.03. The Hall–Kier alpha value is -2.49. The molecule has 2 rings (SSSR count). The normalized spacial score (nSPS) is 10.7. The molecule has 0 spiro atoms. The molecular formula is C23H33IN4O3. The number of methoxy groups -OCH3 is 2. The molecule has 7 nitrogen and oxygen atoms in total. The minimum atomic E-state index is 0. The molecule has 8 heteroatoms. The standard InChI is InChI=1S/C23H32N4O3.HI/c1-24-23(26-14-12-18-9-10-20(29-4)21(16-18)30-5)25-13-11-17-7-6-8-19(15-17)22(28)27(2)3;/h6-10,15-16H,11-14H2,1-5H3,(H2,24,25,26);1H. The number of aliphatic imine (C=N–C) groups is 1. The Morgan fingerprint density at radius 2 is 1.55 bits per heavy atom. The Morgan fingerprint density at radius 3 is 2.10 bits per heavy atom. The second-order valence-corrected chi connectivity index (χ2v) is 7.02. The molecule has 170 valence electrons. The van der Waals surface area contributed by atoms with Crippen molar-refractivity contribution in [1.82, 2.24) is 15.5 Å². The maximum Gasteiger partial charge on any atom is 0.253 e. The molecule has 0 bridgehead atoms. The first-order chi connectivity index (χ1) is 14.5. The Labute approximate surface area is 202 Å². The van der Waals surface area contributed by atoms with Gasteiger partial charge in [0, 0.05) is 39.8 Å². The van der Waals surface area contributed by atoms with Gasteiger partial charge in [0.1, 0.15) is 0 Å². The van der Waals surface area contributed by atoms with Gasteiger partial charge in [-0.25, -0.2) is 0 Å². The van der Waals surface area contributed by atoms with Gasteiger partial charge in [-0.1, -0.05) is 18.2 Å². The fourth-order valence-corrected chi connectivity index (χ4v) is 3.03. The molecule has 0 unspecified atom stereocenters. The highest BCUT2D eigenvalue weighted by molar-refractivity contribution is 14.0. The third-order valence-corrected chi connectivity index (χ3v) is 4.66. The number of benzene rings is 2. The maximum absolute atomic E-state index is 12.1. The van der Waals surface area contributed by atoms with Crippen LogP contribution in [0, 0.1) is 0 Å². The van der Waals surface area contributed by atoms with Gasteiger partial charge in [0.25, 0.3) is 5.91 Å². The van der Waals surface area contributed by atoms with Crippen molar-refractivity contribution in [2.24, 2.45) is 4.99 Å². The number of guanidine groups is 1. The van der Waals surface area contributed by atoms with Crippen molar-refractivity contribution in [3.63, 3.8) is 0 Å². The second-order valence-electron chi connectivity index (χ2n) is 7.02. The molecule has 2 aromatic carbocycles. The molecule has 1 amide bonds. The lowest BCUT2D eigenvalue weighted by Crippen LogP contribution is -2.39. The highest BCUT2D eigenvalue weighted by atomic mass is 127. The van der Waals surface area contributed by atoms with Crippen LogP contribution < -0.4 is 20.1 Å². The highest BCUT2D eigenvalue weighted by Gasteiger charge is 2.08. The first kappa shape index (κ1) is 26.5. The average Bonchev–Trinajstić information content (AvgIpc) is 2.77. The second kappa shape index (κ2) is 13.7. The predicted octanol–water partition coefficient (Wildman–Crippen LogP) is 2.97. The van der Waals surface area contributed by atoms with Gasteiger partial charge in [-0.3, -0.25) is 9.79 Å². The summed E-state index contributed by atoms with van der Waals surface area (Å²) >= 11 is 0. The summed E-state index contributed by atoms with van der Waals surface area (Å²) in [6.45, 7) is 1.46. The zero-order valence-electron chi connectivity index (χ0n) is 18.9. The van der Waals surface area contributed by atoms with Crippen molar-refractivity contribution >= 4 is 35.8 Å². The van der Waals surface area contributed by atoms with Gasteiger partial charge in [0.2, 0.25) is 0 Å². The van der Waals surface area contributed by atoms with Crippen LogP contribution in [0.4, 0.5) is 0 Å². The quantitative estimate of drug-likeness (QED) is 0.291. The number of nitrogens with one attached hydrogen (secondary N) is 2. The summed E-state index contributed by atoms with van der Waals surface area (Å²) in [5, 5.41) is 6.64. The third kappa shape index (κ3) is 8.28. The summed E-state index contributed by atoms with van der Waals surface area (Å²) in [7, 11) is 8.54. The fraction of sp³-hybridized carbons (Fsp3) is 0.391. The molecule has 0 fully saturated rings. The zero-order chi connectivity index (χ0) is 21.9. The van der Waals surface area contributed by atoms with Gasteiger partial charge in [0.15, 0.2) is 17.5 Å². The van der Waals surface area contributed by atoms with E-state index in [9.17, 15) is 4.79 Å². The van der Waals surface area contributed by atoms with Gasteiger partial charge < -0.3 is 25.0 Å². The molecule has 0 atom stereocenters. The Morgan fingerprint density at radius 1 is 0.935 bits per heavy atom. The first-order valence-electron chi connectivity index (χ1n) is 9.94. The zero-order valence-corrected chi connectivity index (χ0v) is 21.2. The lowest BCUT2D eigenvalue weighted by molar-refractivity contribution is 0.0827. The highest BCUT2D eigenvalue weighted by Crippen LogP contribution is 2.27. The summed E-state index contributed by atoms with van der Waals surface area (Å²) in [6, 6.07) is 13.7. The Balaban J connectivity index is 0.00000480. The van der Waals surface area contributed by atoms with Crippen LogP contribution in [0.1, 0.15) is 21.5 Å². The van der Waals surface area contributed by atoms with E-state index in [0.717, 1.165) is 54.5 Å². The third-order valence-electron chi connectivity index (χ3n) is 4.66. The van der Waals surface area contributed by atoms with Crippen molar-refractivity contribution in [2.75, 3.05) is 48.5 Å². The van der Waals surface area contributed by atoms with E-state index in [1.54, 1.807) is 40.3 Å². The van der Waals surface area contributed by atoms with E-state index in [4.69, 9.17) is 9.47 Å². The van der Waals surface area contributed by atoms with Gasteiger partial charge in [-0.05, 0) is 48.2 Å². The van der Waals surface area contributed by atoms with E-state index in [0.29, 0.717) is 5.56 Å². The van der Waals surface area contributed by atoms with Gasteiger partial charge >= 0.3 is 0 Å². The van der Waals surface area contributed by atoms with Crippen molar-refractivity contribution in [3.8, 4) is 11.5 Å². The Kier molecular flexibility index (Phi) is 11.8. The number of ether oxygens (including phenoxy) is 2. The number of carbonyl (C=O) groups is 1. The summed E-state index contributed by atoms with van der Waals surface area (Å²) in [6.07, 6.45) is 1.63. The van der Waals surface area contributed by atoms with E-state index in [2.05, 4.69) is 15.6 Å². The molecule has 0 aromatic heterocycles. The van der Waals surface area contributed by atoms with Crippen LogP contribution in [0.2, 0.25) is 0 Å². The van der Waals surface area contributed by atoms with E-state index in [-0.39, 0.29) is 29.9 Å². The van der Waals surface area contributed by atoms with Gasteiger partial charge in [-0.15, -0.1) is 24.0 Å². The largest absolute Gasteiger partial charge is 0.493 e. The number of hydrogen-bond donors (Lipinski definition) is 2. The molecule has 0 radical (unpaired) electrons. The monoisotopic (exact) mass is 540 g/mol. The van der Waals surface area contributed by atoms with Crippen molar-refractivity contribution < 1.29 is 14.3 Å². The number of rotatable bonds is 9. The van der Waals surface area contributed by atoms with Crippen LogP contribution in [0.3, 0.4) is 0 Å². The smallest absolute Gasteiger partial charge is 0.253 e. The first-order valence-corrected chi connectivity index (χ1v) is 9.94. The molecule has 0 aliphatic rings. The number of carbonyl (C=O) groups excluding carboxylic acids is 1. The minimum Gasteiger partial charge on any atom is -0.493 e. The van der Waals surface area contributed by atoms with Crippen LogP contribution >= 0.6 is 24.0 Å². The molecule has 0 saturated heterocycles. The van der Waals surface area contributed by atoms with E-state index >= 15 is 0 Å². The number of amides is 1. The van der Waals surface area contributed by atoms with E-state index in [1.165, 1.54) is 0 Å². The van der Waals surface area contributed by atoms with Crippen LogP contribution in [0.15, 0.2) is 47.5 Å². The van der Waals surface area contributed by atoms with E-state index < -0.39 is 0 Å². The minimum absolute atomic E-state index is 0. The molecule has 0 saturated carbocycles. The number of halogens is 1. The Bertz CT molecular complexity index is 872. The lowest BCUT2D eigenvalue weighted by Gasteiger charge is -2.14.